The molecule has 1 heterocycles. The molecule has 1 N–H and O–H groups in total. The molecule has 0 saturated carbocycles. The molecule has 8 heteroatoms. The monoisotopic (exact) mass is 437 g/mol. The van der Waals surface area contributed by atoms with Gasteiger partial charge in [-0.05, 0) is 65.6 Å². The van der Waals surface area contributed by atoms with Crippen LogP contribution in [-0.2, 0) is 0 Å². The summed E-state index contributed by atoms with van der Waals surface area (Å²) in [6, 6.07) is 12.2. The third kappa shape index (κ3) is 5.87. The molecule has 0 aliphatic rings. The highest BCUT2D eigenvalue weighted by molar-refractivity contribution is 6.05. The molecule has 0 bridgehead atoms. The molecule has 3 rings (SSSR count). The summed E-state index contributed by atoms with van der Waals surface area (Å²) in [4.78, 5) is 12.7. The topological polar surface area (TPSA) is 95.7 Å². The minimum atomic E-state index is -0.345. The van der Waals surface area contributed by atoms with Gasteiger partial charge in [0, 0.05) is 11.1 Å². The SMILES string of the molecule is C=CCOc1ccc(C(=O)Nc2nonc2-c2ccc(OCCC)c(OCCC)c2)cc1. The van der Waals surface area contributed by atoms with E-state index in [-0.39, 0.29) is 11.7 Å². The Morgan fingerprint density at radius 1 is 1.00 bits per heavy atom. The van der Waals surface area contributed by atoms with Crippen molar-refractivity contribution in [2.45, 2.75) is 26.7 Å². The first-order valence-electron chi connectivity index (χ1n) is 10.5. The third-order valence-electron chi connectivity index (χ3n) is 4.35. The maximum absolute atomic E-state index is 12.7. The lowest BCUT2D eigenvalue weighted by molar-refractivity contribution is 0.102. The van der Waals surface area contributed by atoms with Gasteiger partial charge >= 0.3 is 0 Å². The quantitative estimate of drug-likeness (QED) is 0.392. The Bertz CT molecular complexity index is 1030. The van der Waals surface area contributed by atoms with Crippen molar-refractivity contribution >= 4 is 11.7 Å². The Labute approximate surface area is 187 Å². The molecule has 0 unspecified atom stereocenters. The maximum atomic E-state index is 12.7. The van der Waals surface area contributed by atoms with Crippen LogP contribution in [0.15, 0.2) is 59.7 Å². The van der Waals surface area contributed by atoms with Gasteiger partial charge in [0.1, 0.15) is 12.4 Å². The molecule has 1 amide bonds. The maximum Gasteiger partial charge on any atom is 0.256 e. The molecular weight excluding hydrogens is 410 g/mol. The summed E-state index contributed by atoms with van der Waals surface area (Å²) < 4.78 is 22.0. The Kier molecular flexibility index (Phi) is 8.25. The standard InChI is InChI=1S/C24H27N3O5/c1-4-13-29-19-10-7-17(8-11-19)24(28)25-23-22(26-32-27-23)18-9-12-20(30-14-5-2)21(16-18)31-15-6-3/h4,7-12,16H,1,5-6,13-15H2,2-3H3,(H,25,27,28). The number of ether oxygens (including phenoxy) is 3. The predicted octanol–water partition coefficient (Wildman–Crippen LogP) is 5.13. The van der Waals surface area contributed by atoms with Crippen molar-refractivity contribution in [2.24, 2.45) is 0 Å². The van der Waals surface area contributed by atoms with Crippen molar-refractivity contribution in [2.75, 3.05) is 25.1 Å². The molecule has 168 valence electrons. The number of rotatable bonds is 12. The summed E-state index contributed by atoms with van der Waals surface area (Å²) in [6.07, 6.45) is 3.41. The number of aromatic nitrogens is 2. The van der Waals surface area contributed by atoms with Crippen LogP contribution in [0.25, 0.3) is 11.3 Å². The van der Waals surface area contributed by atoms with Gasteiger partial charge in [-0.2, -0.15) is 0 Å². The van der Waals surface area contributed by atoms with E-state index in [0.29, 0.717) is 53.9 Å². The van der Waals surface area contributed by atoms with Crippen LogP contribution in [0.5, 0.6) is 17.2 Å². The molecule has 0 fully saturated rings. The molecular formula is C24H27N3O5. The third-order valence-corrected chi connectivity index (χ3v) is 4.35. The number of anilines is 1. The molecule has 8 nitrogen and oxygen atoms in total. The summed E-state index contributed by atoms with van der Waals surface area (Å²) in [5.74, 6) is 1.78. The Morgan fingerprint density at radius 3 is 2.41 bits per heavy atom. The molecule has 0 aliphatic heterocycles. The fourth-order valence-electron chi connectivity index (χ4n) is 2.81. The molecule has 0 saturated heterocycles. The lowest BCUT2D eigenvalue weighted by Crippen LogP contribution is -2.12. The van der Waals surface area contributed by atoms with E-state index in [9.17, 15) is 4.79 Å². The summed E-state index contributed by atoms with van der Waals surface area (Å²) in [5.41, 5.74) is 1.53. The highest BCUT2D eigenvalue weighted by atomic mass is 16.6. The number of nitrogens with zero attached hydrogens (tertiary/aromatic N) is 2. The fourth-order valence-corrected chi connectivity index (χ4v) is 2.81. The van der Waals surface area contributed by atoms with Crippen LogP contribution >= 0.6 is 0 Å². The Balaban J connectivity index is 1.78. The summed E-state index contributed by atoms with van der Waals surface area (Å²) in [5, 5.41) is 10.6. The van der Waals surface area contributed by atoms with Crippen molar-refractivity contribution in [1.29, 1.82) is 0 Å². The second kappa shape index (κ2) is 11.5. The second-order valence-corrected chi connectivity index (χ2v) is 6.90. The minimum absolute atomic E-state index is 0.214. The van der Waals surface area contributed by atoms with Crippen molar-refractivity contribution < 1.29 is 23.6 Å². The first kappa shape index (κ1) is 22.9. The zero-order valence-corrected chi connectivity index (χ0v) is 18.3. The van der Waals surface area contributed by atoms with E-state index >= 15 is 0 Å². The first-order valence-corrected chi connectivity index (χ1v) is 10.5. The van der Waals surface area contributed by atoms with Crippen molar-refractivity contribution in [3.63, 3.8) is 0 Å². The van der Waals surface area contributed by atoms with Crippen LogP contribution in [0.4, 0.5) is 5.82 Å². The van der Waals surface area contributed by atoms with Crippen LogP contribution in [0.1, 0.15) is 37.0 Å². The van der Waals surface area contributed by atoms with E-state index in [1.54, 1.807) is 30.3 Å². The van der Waals surface area contributed by atoms with E-state index in [2.05, 4.69) is 22.2 Å². The zero-order valence-electron chi connectivity index (χ0n) is 18.3. The summed E-state index contributed by atoms with van der Waals surface area (Å²) >= 11 is 0. The van der Waals surface area contributed by atoms with Gasteiger partial charge in [0.05, 0.1) is 13.2 Å². The normalized spacial score (nSPS) is 10.4. The molecule has 2 aromatic carbocycles. The highest BCUT2D eigenvalue weighted by Gasteiger charge is 2.18. The lowest BCUT2D eigenvalue weighted by atomic mass is 10.1. The van der Waals surface area contributed by atoms with Gasteiger partial charge in [-0.25, -0.2) is 4.63 Å². The van der Waals surface area contributed by atoms with Crippen LogP contribution in [0, 0.1) is 0 Å². The van der Waals surface area contributed by atoms with Gasteiger partial charge in [-0.3, -0.25) is 4.79 Å². The minimum Gasteiger partial charge on any atom is -0.490 e. The number of benzene rings is 2. The highest BCUT2D eigenvalue weighted by Crippen LogP contribution is 2.34. The Morgan fingerprint density at radius 2 is 1.72 bits per heavy atom. The lowest BCUT2D eigenvalue weighted by Gasteiger charge is -2.13. The predicted molar refractivity (Wildman–Crippen MR) is 121 cm³/mol. The Hall–Kier alpha value is -3.81. The zero-order chi connectivity index (χ0) is 22.8. The average molecular weight is 437 g/mol. The molecule has 0 radical (unpaired) electrons. The number of amides is 1. The average Bonchev–Trinajstić information content (AvgIpc) is 3.28. The molecule has 3 aromatic rings. The van der Waals surface area contributed by atoms with E-state index < -0.39 is 0 Å². The molecule has 0 spiro atoms. The van der Waals surface area contributed by atoms with Crippen LogP contribution < -0.4 is 19.5 Å². The van der Waals surface area contributed by atoms with E-state index in [1.165, 1.54) is 0 Å². The van der Waals surface area contributed by atoms with Crippen LogP contribution in [-0.4, -0.2) is 36.0 Å². The van der Waals surface area contributed by atoms with Crippen molar-refractivity contribution in [1.82, 2.24) is 10.3 Å². The number of carbonyl (C=O) groups is 1. The molecule has 1 aromatic heterocycles. The number of hydrogen-bond donors (Lipinski definition) is 1. The molecule has 32 heavy (non-hydrogen) atoms. The second-order valence-electron chi connectivity index (χ2n) is 6.90. The fraction of sp³-hybridized carbons (Fsp3) is 0.292. The number of hydrogen-bond acceptors (Lipinski definition) is 7. The van der Waals surface area contributed by atoms with Gasteiger partial charge < -0.3 is 19.5 Å². The van der Waals surface area contributed by atoms with E-state index in [4.69, 9.17) is 18.8 Å². The smallest absolute Gasteiger partial charge is 0.256 e. The van der Waals surface area contributed by atoms with E-state index in [1.807, 2.05) is 32.0 Å². The van der Waals surface area contributed by atoms with Crippen LogP contribution in [0.3, 0.4) is 0 Å². The van der Waals surface area contributed by atoms with Gasteiger partial charge in [-0.1, -0.05) is 26.5 Å². The van der Waals surface area contributed by atoms with Crippen molar-refractivity contribution in [3.8, 4) is 28.5 Å². The summed E-state index contributed by atoms with van der Waals surface area (Å²) in [6.45, 7) is 9.22. The molecule has 0 aliphatic carbocycles. The molecule has 0 atom stereocenters. The summed E-state index contributed by atoms with van der Waals surface area (Å²) in [7, 11) is 0. The largest absolute Gasteiger partial charge is 0.490 e. The van der Waals surface area contributed by atoms with Gasteiger partial charge in [0.2, 0.25) is 5.82 Å². The number of carbonyl (C=O) groups excluding carboxylic acids is 1. The van der Waals surface area contributed by atoms with Gasteiger partial charge in [0.25, 0.3) is 5.91 Å². The van der Waals surface area contributed by atoms with Crippen LogP contribution in [0.2, 0.25) is 0 Å². The van der Waals surface area contributed by atoms with Crippen molar-refractivity contribution in [3.05, 3.63) is 60.7 Å². The first-order chi connectivity index (χ1) is 15.7. The van der Waals surface area contributed by atoms with Gasteiger partial charge in [0.15, 0.2) is 17.2 Å². The number of nitrogens with one attached hydrogen (secondary N) is 1. The van der Waals surface area contributed by atoms with E-state index in [0.717, 1.165) is 12.8 Å². The van der Waals surface area contributed by atoms with Gasteiger partial charge in [-0.15, -0.1) is 0 Å².